The van der Waals surface area contributed by atoms with Crippen LogP contribution in [0.2, 0.25) is 0 Å². The molecule has 4 rings (SSSR count). The van der Waals surface area contributed by atoms with Crippen molar-refractivity contribution in [2.75, 3.05) is 18.4 Å². The fourth-order valence-corrected chi connectivity index (χ4v) is 7.88. The Morgan fingerprint density at radius 3 is 2.23 bits per heavy atom. The molecule has 2 aliphatic rings. The first kappa shape index (κ1) is 27.6. The number of halogens is 1. The van der Waals surface area contributed by atoms with Crippen LogP contribution in [0.4, 0.5) is 5.00 Å². The summed E-state index contributed by atoms with van der Waals surface area (Å²) in [6.07, 6.45) is 3.36. The Hall–Kier alpha value is -1.98. The van der Waals surface area contributed by atoms with Gasteiger partial charge in [0.15, 0.2) is 0 Å². The number of amides is 2. The summed E-state index contributed by atoms with van der Waals surface area (Å²) in [6, 6.07) is 5.92. The molecule has 8 nitrogen and oxygen atoms in total. The summed E-state index contributed by atoms with van der Waals surface area (Å²) < 4.78 is 27.2. The van der Waals surface area contributed by atoms with Crippen LogP contribution < -0.4 is 16.4 Å². The Morgan fingerprint density at radius 1 is 1.06 bits per heavy atom. The number of anilines is 1. The van der Waals surface area contributed by atoms with E-state index in [9.17, 15) is 18.0 Å². The zero-order valence-corrected chi connectivity index (χ0v) is 22.9. The van der Waals surface area contributed by atoms with Crippen LogP contribution in [0.15, 0.2) is 29.2 Å². The predicted molar refractivity (Wildman–Crippen MR) is 141 cm³/mol. The third kappa shape index (κ3) is 5.41. The smallest absolute Gasteiger partial charge is 0.256 e. The summed E-state index contributed by atoms with van der Waals surface area (Å²) in [5.41, 5.74) is 6.63. The van der Waals surface area contributed by atoms with Crippen molar-refractivity contribution in [1.82, 2.24) is 9.62 Å². The van der Waals surface area contributed by atoms with Gasteiger partial charge in [0.2, 0.25) is 10.0 Å². The molecule has 35 heavy (non-hydrogen) atoms. The van der Waals surface area contributed by atoms with Crippen molar-refractivity contribution in [3.63, 3.8) is 0 Å². The van der Waals surface area contributed by atoms with E-state index in [2.05, 4.69) is 24.5 Å². The lowest BCUT2D eigenvalue weighted by atomic mass is 9.81. The normalized spacial score (nSPS) is 19.3. The molecular formula is C24H33ClN4O4S2. The van der Waals surface area contributed by atoms with Crippen molar-refractivity contribution in [1.29, 1.82) is 0 Å². The maximum Gasteiger partial charge on any atom is 0.256 e. The second-order valence-corrected chi connectivity index (χ2v) is 13.2. The number of hydrogen-bond acceptors (Lipinski definition) is 6. The standard InChI is InChI=1S/C24H32N4O4S2.ClH/c1-23(2)14-17-18(20(25)29)22(33-19(17)24(3,4)27-23)26-21(30)15-8-10-16(11-9-15)34(31,32)28-12-6-5-7-13-28;/h8-11,27H,5-7,12-14H2,1-4H3,(H2,25,29)(H,26,30);1H. The van der Waals surface area contributed by atoms with Gasteiger partial charge in [-0.2, -0.15) is 4.31 Å². The molecule has 0 spiro atoms. The van der Waals surface area contributed by atoms with Gasteiger partial charge in [-0.25, -0.2) is 8.42 Å². The predicted octanol–water partition coefficient (Wildman–Crippen LogP) is 3.86. The van der Waals surface area contributed by atoms with Crippen LogP contribution in [-0.4, -0.2) is 43.2 Å². The van der Waals surface area contributed by atoms with Crippen molar-refractivity contribution >= 4 is 50.6 Å². The van der Waals surface area contributed by atoms with Crippen LogP contribution in [-0.2, 0) is 22.0 Å². The molecule has 1 aromatic heterocycles. The molecule has 0 unspecified atom stereocenters. The first-order valence-corrected chi connectivity index (χ1v) is 13.7. The number of benzene rings is 1. The van der Waals surface area contributed by atoms with Gasteiger partial charge in [-0.3, -0.25) is 9.59 Å². The summed E-state index contributed by atoms with van der Waals surface area (Å²) >= 11 is 1.35. The lowest BCUT2D eigenvalue weighted by Gasteiger charge is -2.42. The Bertz CT molecular complexity index is 1230. The number of primary amides is 1. The van der Waals surface area contributed by atoms with E-state index in [4.69, 9.17) is 5.73 Å². The van der Waals surface area contributed by atoms with Crippen molar-refractivity contribution in [3.05, 3.63) is 45.8 Å². The highest BCUT2D eigenvalue weighted by atomic mass is 35.5. The topological polar surface area (TPSA) is 122 Å². The molecule has 2 amide bonds. The molecule has 2 aromatic rings. The number of nitrogens with zero attached hydrogens (tertiary/aromatic N) is 1. The SMILES string of the molecule is CC1(C)Cc2c(sc(NC(=O)c3ccc(S(=O)(=O)N4CCCCC4)cc3)c2C(N)=O)C(C)(C)N1.Cl. The number of thiophene rings is 1. The Labute approximate surface area is 217 Å². The molecule has 11 heteroatoms. The number of piperidine rings is 1. The highest BCUT2D eigenvalue weighted by Gasteiger charge is 2.41. The maximum atomic E-state index is 13.0. The minimum Gasteiger partial charge on any atom is -0.365 e. The Kier molecular flexibility index (Phi) is 7.74. The number of hydrogen-bond donors (Lipinski definition) is 3. The molecule has 0 bridgehead atoms. The molecule has 0 radical (unpaired) electrons. The van der Waals surface area contributed by atoms with Gasteiger partial charge < -0.3 is 16.4 Å². The minimum atomic E-state index is -3.57. The molecule has 0 saturated carbocycles. The van der Waals surface area contributed by atoms with Gasteiger partial charge in [0, 0.05) is 34.6 Å². The Balaban J connectivity index is 0.00000342. The zero-order chi connectivity index (χ0) is 24.9. The minimum absolute atomic E-state index is 0. The number of nitrogens with one attached hydrogen (secondary N) is 2. The summed E-state index contributed by atoms with van der Waals surface area (Å²) in [5, 5.41) is 6.84. The van der Waals surface area contributed by atoms with Crippen molar-refractivity contribution < 1.29 is 18.0 Å². The monoisotopic (exact) mass is 540 g/mol. The molecule has 192 valence electrons. The number of rotatable bonds is 5. The summed E-state index contributed by atoms with van der Waals surface area (Å²) in [5.74, 6) is -1.00. The average Bonchev–Trinajstić information content (AvgIpc) is 3.11. The van der Waals surface area contributed by atoms with Gasteiger partial charge in [-0.15, -0.1) is 23.7 Å². The van der Waals surface area contributed by atoms with E-state index in [0.717, 1.165) is 29.7 Å². The van der Waals surface area contributed by atoms with E-state index in [1.54, 1.807) is 0 Å². The lowest BCUT2D eigenvalue weighted by molar-refractivity contribution is 0.0999. The van der Waals surface area contributed by atoms with Gasteiger partial charge in [0.05, 0.1) is 10.5 Å². The molecule has 3 heterocycles. The molecule has 2 aliphatic heterocycles. The van der Waals surface area contributed by atoms with E-state index in [1.807, 2.05) is 13.8 Å². The van der Waals surface area contributed by atoms with Crippen molar-refractivity contribution in [3.8, 4) is 0 Å². The second kappa shape index (κ2) is 9.82. The summed E-state index contributed by atoms with van der Waals surface area (Å²) in [7, 11) is -3.57. The summed E-state index contributed by atoms with van der Waals surface area (Å²) in [6.45, 7) is 9.26. The van der Waals surface area contributed by atoms with Crippen LogP contribution >= 0.6 is 23.7 Å². The van der Waals surface area contributed by atoms with E-state index < -0.39 is 21.8 Å². The van der Waals surface area contributed by atoms with E-state index in [0.29, 0.717) is 35.6 Å². The molecule has 0 aliphatic carbocycles. The largest absolute Gasteiger partial charge is 0.365 e. The Morgan fingerprint density at radius 2 is 1.66 bits per heavy atom. The number of carbonyl (C=O) groups is 2. The number of fused-ring (bicyclic) bond motifs is 1. The first-order valence-electron chi connectivity index (χ1n) is 11.5. The van der Waals surface area contributed by atoms with E-state index in [-0.39, 0.29) is 28.4 Å². The third-order valence-corrected chi connectivity index (χ3v) is 9.77. The summed E-state index contributed by atoms with van der Waals surface area (Å²) in [4.78, 5) is 26.6. The first-order chi connectivity index (χ1) is 15.8. The van der Waals surface area contributed by atoms with E-state index >= 15 is 0 Å². The number of carbonyl (C=O) groups excluding carboxylic acids is 2. The maximum absolute atomic E-state index is 13.0. The van der Waals surface area contributed by atoms with Crippen LogP contribution in [0.25, 0.3) is 0 Å². The fraction of sp³-hybridized carbons (Fsp3) is 0.500. The van der Waals surface area contributed by atoms with Crippen LogP contribution in [0.5, 0.6) is 0 Å². The molecule has 1 aromatic carbocycles. The number of nitrogens with two attached hydrogens (primary N) is 1. The van der Waals surface area contributed by atoms with Gasteiger partial charge in [-0.05, 0) is 76.8 Å². The van der Waals surface area contributed by atoms with Gasteiger partial charge >= 0.3 is 0 Å². The van der Waals surface area contributed by atoms with Crippen LogP contribution in [0.3, 0.4) is 0 Å². The number of sulfonamides is 1. The van der Waals surface area contributed by atoms with Gasteiger partial charge in [0.1, 0.15) is 5.00 Å². The molecule has 1 saturated heterocycles. The van der Waals surface area contributed by atoms with Gasteiger partial charge in [0.25, 0.3) is 11.8 Å². The van der Waals surface area contributed by atoms with Crippen molar-refractivity contribution in [2.45, 2.75) is 69.4 Å². The van der Waals surface area contributed by atoms with Crippen LogP contribution in [0.1, 0.15) is 78.1 Å². The quantitative estimate of drug-likeness (QED) is 0.531. The lowest BCUT2D eigenvalue weighted by Crippen LogP contribution is -2.55. The van der Waals surface area contributed by atoms with E-state index in [1.165, 1.54) is 39.9 Å². The second-order valence-electron chi connectivity index (χ2n) is 10.2. The average molecular weight is 541 g/mol. The highest BCUT2D eigenvalue weighted by molar-refractivity contribution is 7.89. The molecule has 1 fully saturated rings. The molecule has 4 N–H and O–H groups in total. The molecular weight excluding hydrogens is 508 g/mol. The van der Waals surface area contributed by atoms with Crippen molar-refractivity contribution in [2.24, 2.45) is 5.73 Å². The molecule has 0 atom stereocenters. The zero-order valence-electron chi connectivity index (χ0n) is 20.4. The van der Waals surface area contributed by atoms with Crippen LogP contribution in [0, 0.1) is 0 Å². The van der Waals surface area contributed by atoms with Gasteiger partial charge in [-0.1, -0.05) is 6.42 Å². The third-order valence-electron chi connectivity index (χ3n) is 6.39. The fourth-order valence-electron chi connectivity index (χ4n) is 5.08. The highest BCUT2D eigenvalue weighted by Crippen LogP contribution is 2.45.